The summed E-state index contributed by atoms with van der Waals surface area (Å²) in [6, 6.07) is 17.5. The van der Waals surface area contributed by atoms with E-state index in [0.29, 0.717) is 34.5 Å². The van der Waals surface area contributed by atoms with Gasteiger partial charge in [0, 0.05) is 35.0 Å². The lowest BCUT2D eigenvalue weighted by molar-refractivity contribution is -0.113. The molecule has 2 N–H and O–H groups in total. The van der Waals surface area contributed by atoms with Gasteiger partial charge in [-0.1, -0.05) is 61.2 Å². The van der Waals surface area contributed by atoms with Crippen molar-refractivity contribution in [2.75, 3.05) is 11.1 Å². The van der Waals surface area contributed by atoms with Crippen LogP contribution in [0, 0.1) is 6.92 Å². The highest BCUT2D eigenvalue weighted by Gasteiger charge is 2.28. The maximum absolute atomic E-state index is 12.8. The minimum absolute atomic E-state index is 0.119. The highest BCUT2D eigenvalue weighted by molar-refractivity contribution is 8.00. The van der Waals surface area contributed by atoms with Gasteiger partial charge >= 0.3 is 0 Å². The van der Waals surface area contributed by atoms with Crippen molar-refractivity contribution in [3.05, 3.63) is 88.7 Å². The molecule has 1 aliphatic heterocycles. The van der Waals surface area contributed by atoms with Gasteiger partial charge in [0.05, 0.1) is 23.6 Å². The SMILES string of the molecule is CCc1ccc(NC(=O)CSc2nc(-c3ccccc3)nc3c2Cc2c(CO)cnc(C)c2O3)cc1. The van der Waals surface area contributed by atoms with Crippen LogP contribution < -0.4 is 10.1 Å². The van der Waals surface area contributed by atoms with E-state index in [0.717, 1.165) is 34.5 Å². The molecule has 8 heteroatoms. The Balaban J connectivity index is 1.45. The maximum atomic E-state index is 12.8. The van der Waals surface area contributed by atoms with E-state index in [1.807, 2.05) is 61.5 Å². The molecule has 0 radical (unpaired) electrons. The molecule has 0 saturated carbocycles. The smallest absolute Gasteiger partial charge is 0.234 e. The Morgan fingerprint density at radius 2 is 1.86 bits per heavy atom. The van der Waals surface area contributed by atoms with Crippen LogP contribution in [0.3, 0.4) is 0 Å². The number of ether oxygens (including phenoxy) is 1. The van der Waals surface area contributed by atoms with Gasteiger partial charge in [-0.25, -0.2) is 4.98 Å². The van der Waals surface area contributed by atoms with E-state index < -0.39 is 0 Å². The number of aliphatic hydroxyl groups excluding tert-OH is 1. The number of nitrogens with one attached hydrogen (secondary N) is 1. The topological polar surface area (TPSA) is 97.2 Å². The summed E-state index contributed by atoms with van der Waals surface area (Å²) in [6.07, 6.45) is 3.11. The molecule has 0 fully saturated rings. The summed E-state index contributed by atoms with van der Waals surface area (Å²) >= 11 is 1.35. The van der Waals surface area contributed by atoms with Crippen LogP contribution in [-0.2, 0) is 24.2 Å². The van der Waals surface area contributed by atoms with E-state index in [1.165, 1.54) is 17.3 Å². The molecule has 4 aromatic rings. The molecule has 182 valence electrons. The zero-order valence-corrected chi connectivity index (χ0v) is 20.9. The van der Waals surface area contributed by atoms with E-state index in [2.05, 4.69) is 17.2 Å². The number of aromatic nitrogens is 3. The van der Waals surface area contributed by atoms with Crippen LogP contribution in [0.25, 0.3) is 11.4 Å². The third kappa shape index (κ3) is 4.96. The lowest BCUT2D eigenvalue weighted by Crippen LogP contribution is -2.16. The van der Waals surface area contributed by atoms with Crippen molar-refractivity contribution >= 4 is 23.4 Å². The van der Waals surface area contributed by atoms with Crippen LogP contribution in [0.5, 0.6) is 11.6 Å². The van der Waals surface area contributed by atoms with E-state index in [1.54, 1.807) is 6.20 Å². The Morgan fingerprint density at radius 3 is 2.58 bits per heavy atom. The standard InChI is InChI=1S/C28H26N4O3S/c1-3-18-9-11-21(12-10-18)30-24(34)16-36-28-23-13-22-20(15-33)14-29-17(2)25(22)35-27(23)31-26(32-28)19-7-5-4-6-8-19/h4-12,14,33H,3,13,15-16H2,1-2H3,(H,30,34). The Hall–Kier alpha value is -3.75. The average molecular weight is 499 g/mol. The Kier molecular flexibility index (Phi) is 6.97. The lowest BCUT2D eigenvalue weighted by Gasteiger charge is -2.24. The zero-order chi connectivity index (χ0) is 25.1. The fourth-order valence-corrected chi connectivity index (χ4v) is 4.91. The second-order valence-corrected chi connectivity index (χ2v) is 9.47. The molecule has 0 aliphatic carbocycles. The molecule has 2 aromatic heterocycles. The summed E-state index contributed by atoms with van der Waals surface area (Å²) in [5, 5.41) is 13.5. The number of rotatable bonds is 7. The average Bonchev–Trinajstić information content (AvgIpc) is 2.92. The number of thioether (sulfide) groups is 1. The first kappa shape index (κ1) is 24.0. The summed E-state index contributed by atoms with van der Waals surface area (Å²) in [4.78, 5) is 26.7. The molecule has 3 heterocycles. The number of hydrogen-bond donors (Lipinski definition) is 2. The van der Waals surface area contributed by atoms with Crippen molar-refractivity contribution in [3.8, 4) is 23.0 Å². The minimum Gasteiger partial charge on any atom is -0.436 e. The van der Waals surface area contributed by atoms with E-state index in [9.17, 15) is 9.90 Å². The number of benzene rings is 2. The number of carbonyl (C=O) groups is 1. The van der Waals surface area contributed by atoms with Gasteiger partial charge < -0.3 is 15.2 Å². The molecule has 1 amide bonds. The number of hydrogen-bond acceptors (Lipinski definition) is 7. The van der Waals surface area contributed by atoms with Crippen LogP contribution in [0.1, 0.15) is 34.9 Å². The largest absolute Gasteiger partial charge is 0.436 e. The molecule has 0 saturated heterocycles. The number of amides is 1. The van der Waals surface area contributed by atoms with Crippen molar-refractivity contribution in [3.63, 3.8) is 0 Å². The van der Waals surface area contributed by atoms with E-state index in [4.69, 9.17) is 14.7 Å². The number of fused-ring (bicyclic) bond motifs is 2. The van der Waals surface area contributed by atoms with Gasteiger partial charge in [0.25, 0.3) is 0 Å². The van der Waals surface area contributed by atoms with Crippen molar-refractivity contribution in [1.82, 2.24) is 15.0 Å². The molecule has 5 rings (SSSR count). The van der Waals surface area contributed by atoms with Crippen molar-refractivity contribution < 1.29 is 14.6 Å². The van der Waals surface area contributed by atoms with Crippen molar-refractivity contribution in [2.45, 2.75) is 38.3 Å². The van der Waals surface area contributed by atoms with Gasteiger partial charge in [0.2, 0.25) is 11.8 Å². The van der Waals surface area contributed by atoms with Gasteiger partial charge in [-0.05, 0) is 31.0 Å². The molecule has 36 heavy (non-hydrogen) atoms. The van der Waals surface area contributed by atoms with Gasteiger partial charge in [0.15, 0.2) is 11.6 Å². The number of nitrogens with zero attached hydrogens (tertiary/aromatic N) is 3. The summed E-state index contributed by atoms with van der Waals surface area (Å²) in [6.45, 7) is 3.83. The molecule has 7 nitrogen and oxygen atoms in total. The summed E-state index contributed by atoms with van der Waals surface area (Å²) in [5.41, 5.74) is 5.95. The van der Waals surface area contributed by atoms with Gasteiger partial charge in [-0.15, -0.1) is 0 Å². The number of pyridine rings is 1. The first-order valence-corrected chi connectivity index (χ1v) is 12.8. The summed E-state index contributed by atoms with van der Waals surface area (Å²) < 4.78 is 6.24. The number of anilines is 1. The van der Waals surface area contributed by atoms with Crippen LogP contribution in [0.15, 0.2) is 65.8 Å². The Morgan fingerprint density at radius 1 is 1.08 bits per heavy atom. The second-order valence-electron chi connectivity index (χ2n) is 8.50. The normalized spacial score (nSPS) is 11.9. The summed E-state index contributed by atoms with van der Waals surface area (Å²) in [5.74, 6) is 1.67. The van der Waals surface area contributed by atoms with Gasteiger partial charge in [-0.2, -0.15) is 4.98 Å². The lowest BCUT2D eigenvalue weighted by atomic mass is 9.99. The highest BCUT2D eigenvalue weighted by atomic mass is 32.2. The van der Waals surface area contributed by atoms with E-state index >= 15 is 0 Å². The number of aliphatic hydroxyl groups is 1. The maximum Gasteiger partial charge on any atom is 0.234 e. The highest BCUT2D eigenvalue weighted by Crippen LogP contribution is 2.42. The third-order valence-corrected chi connectivity index (χ3v) is 7.09. The molecule has 2 aromatic carbocycles. The van der Waals surface area contributed by atoms with Crippen LogP contribution in [0.4, 0.5) is 5.69 Å². The molecule has 0 bridgehead atoms. The van der Waals surface area contributed by atoms with Crippen LogP contribution in [-0.4, -0.2) is 31.7 Å². The first-order chi connectivity index (χ1) is 17.6. The minimum atomic E-state index is -0.140. The molecule has 0 unspecified atom stereocenters. The molecule has 0 spiro atoms. The molecular weight excluding hydrogens is 472 g/mol. The van der Waals surface area contributed by atoms with Crippen molar-refractivity contribution in [2.24, 2.45) is 0 Å². The van der Waals surface area contributed by atoms with Gasteiger partial charge in [-0.3, -0.25) is 9.78 Å². The zero-order valence-electron chi connectivity index (χ0n) is 20.1. The first-order valence-electron chi connectivity index (χ1n) is 11.8. The fraction of sp³-hybridized carbons (Fsp3) is 0.214. The second kappa shape index (κ2) is 10.5. The monoisotopic (exact) mass is 498 g/mol. The molecule has 1 aliphatic rings. The van der Waals surface area contributed by atoms with Gasteiger partial charge in [0.1, 0.15) is 5.03 Å². The third-order valence-electron chi connectivity index (χ3n) is 6.08. The quantitative estimate of drug-likeness (QED) is 0.231. The number of carbonyl (C=O) groups excluding carboxylic acids is 1. The van der Waals surface area contributed by atoms with E-state index in [-0.39, 0.29) is 18.3 Å². The molecular formula is C28H26N4O3S. The Labute approximate surface area is 214 Å². The van der Waals surface area contributed by atoms with Crippen molar-refractivity contribution in [1.29, 1.82) is 0 Å². The molecule has 0 atom stereocenters. The van der Waals surface area contributed by atoms with Crippen LogP contribution in [0.2, 0.25) is 0 Å². The fourth-order valence-electron chi connectivity index (χ4n) is 4.08. The number of aryl methyl sites for hydroxylation is 2. The van der Waals surface area contributed by atoms with Crippen LogP contribution >= 0.6 is 11.8 Å². The Bertz CT molecular complexity index is 1410. The predicted molar refractivity (Wildman–Crippen MR) is 140 cm³/mol. The summed E-state index contributed by atoms with van der Waals surface area (Å²) in [7, 11) is 0. The predicted octanol–water partition coefficient (Wildman–Crippen LogP) is 5.33.